The first-order valence-electron chi connectivity index (χ1n) is 12.8. The van der Waals surface area contributed by atoms with Gasteiger partial charge in [0.15, 0.2) is 0 Å². The number of aliphatic hydroxyl groups is 1. The van der Waals surface area contributed by atoms with E-state index in [-0.39, 0.29) is 41.0 Å². The lowest BCUT2D eigenvalue weighted by atomic mass is 9.46. The molecule has 0 amide bonds. The van der Waals surface area contributed by atoms with Crippen molar-refractivity contribution in [1.29, 1.82) is 0 Å². The normalized spacial score (nSPS) is 36.3. The average Bonchev–Trinajstić information content (AvgIpc) is 2.82. The number of carbonyl (C=O) groups excluding carboxylic acids is 2. The number of carbonyl (C=O) groups is 2. The molecule has 3 aliphatic rings. The van der Waals surface area contributed by atoms with E-state index in [4.69, 9.17) is 18.6 Å². The summed E-state index contributed by atoms with van der Waals surface area (Å²) in [5.74, 6) is -1.01. The number of nitrogens with zero attached hydrogens (tertiary/aromatic N) is 1. The summed E-state index contributed by atoms with van der Waals surface area (Å²) in [7, 11) is 0. The maximum atomic E-state index is 13.2. The smallest absolute Gasteiger partial charge is 0.345 e. The molecule has 3 heterocycles. The molecule has 8 atom stereocenters. The number of fused-ring (bicyclic) bond motifs is 4. The van der Waals surface area contributed by atoms with Gasteiger partial charge in [-0.05, 0) is 55.6 Å². The van der Waals surface area contributed by atoms with E-state index in [1.165, 1.54) is 13.8 Å². The number of rotatable bonds is 3. The summed E-state index contributed by atoms with van der Waals surface area (Å²) < 4.78 is 23.7. The van der Waals surface area contributed by atoms with Gasteiger partial charge in [-0.2, -0.15) is 0 Å². The zero-order chi connectivity index (χ0) is 26.7. The van der Waals surface area contributed by atoms with Gasteiger partial charge in [0.2, 0.25) is 0 Å². The molecule has 0 aromatic carbocycles. The Morgan fingerprint density at radius 3 is 2.57 bits per heavy atom. The van der Waals surface area contributed by atoms with Crippen molar-refractivity contribution in [1.82, 2.24) is 4.98 Å². The van der Waals surface area contributed by atoms with Crippen molar-refractivity contribution in [2.75, 3.05) is 0 Å². The molecule has 2 saturated carbocycles. The zero-order valence-corrected chi connectivity index (χ0v) is 21.7. The molecular weight excluding hydrogens is 478 g/mol. The number of esters is 2. The first-order valence-corrected chi connectivity index (χ1v) is 12.8. The molecule has 1 N–H and O–H groups in total. The Morgan fingerprint density at radius 2 is 1.92 bits per heavy atom. The summed E-state index contributed by atoms with van der Waals surface area (Å²) >= 11 is 0. The lowest BCUT2D eigenvalue weighted by molar-refractivity contribution is -0.250. The fraction of sp³-hybridized carbons (Fsp3) is 0.571. The Kier molecular flexibility index (Phi) is 6.17. The SMILES string of the molecule is CC(=O)O[C@H]1CC[C@@]2(C)C(C[C@H](OC(C)=O)[C@@]3(C)Oc4cc(-c5cccnc5)oc(=O)c4[C@H](O)C23)[C@H]1C. The maximum absolute atomic E-state index is 13.2. The first kappa shape index (κ1) is 25.4. The van der Waals surface area contributed by atoms with Gasteiger partial charge in [-0.1, -0.05) is 13.8 Å². The van der Waals surface area contributed by atoms with Gasteiger partial charge in [-0.25, -0.2) is 4.79 Å². The van der Waals surface area contributed by atoms with E-state index >= 15 is 0 Å². The van der Waals surface area contributed by atoms with Crippen LogP contribution in [0.1, 0.15) is 65.5 Å². The van der Waals surface area contributed by atoms with Crippen molar-refractivity contribution in [2.24, 2.45) is 23.2 Å². The third-order valence-electron chi connectivity index (χ3n) is 8.93. The minimum absolute atomic E-state index is 0.0526. The molecule has 2 fully saturated rings. The van der Waals surface area contributed by atoms with E-state index < -0.39 is 40.7 Å². The van der Waals surface area contributed by atoms with E-state index in [2.05, 4.69) is 11.9 Å². The summed E-state index contributed by atoms with van der Waals surface area (Å²) in [5.41, 5.74) is -1.63. The Morgan fingerprint density at radius 1 is 1.19 bits per heavy atom. The highest BCUT2D eigenvalue weighted by atomic mass is 16.6. The van der Waals surface area contributed by atoms with Crippen molar-refractivity contribution >= 4 is 11.9 Å². The molecular formula is C28H33NO8. The minimum Gasteiger partial charge on any atom is -0.482 e. The monoisotopic (exact) mass is 511 g/mol. The van der Waals surface area contributed by atoms with Crippen molar-refractivity contribution in [3.8, 4) is 17.1 Å². The molecule has 2 unspecified atom stereocenters. The Balaban J connectivity index is 1.63. The quantitative estimate of drug-likeness (QED) is 0.612. The van der Waals surface area contributed by atoms with Crippen LogP contribution in [0.25, 0.3) is 11.3 Å². The van der Waals surface area contributed by atoms with Crippen molar-refractivity contribution in [3.05, 3.63) is 46.6 Å². The lowest BCUT2D eigenvalue weighted by Gasteiger charge is -2.64. The molecule has 9 nitrogen and oxygen atoms in total. The van der Waals surface area contributed by atoms with Gasteiger partial charge in [0, 0.05) is 43.8 Å². The summed E-state index contributed by atoms with van der Waals surface area (Å²) in [4.78, 5) is 41.3. The summed E-state index contributed by atoms with van der Waals surface area (Å²) in [5, 5.41) is 11.8. The zero-order valence-electron chi connectivity index (χ0n) is 21.7. The van der Waals surface area contributed by atoms with Crippen LogP contribution in [-0.4, -0.2) is 39.8 Å². The summed E-state index contributed by atoms with van der Waals surface area (Å²) in [6.07, 6.45) is 2.74. The second kappa shape index (κ2) is 8.97. The molecule has 1 aliphatic heterocycles. The Hall–Kier alpha value is -3.20. The fourth-order valence-electron chi connectivity index (χ4n) is 7.39. The van der Waals surface area contributed by atoms with Gasteiger partial charge < -0.3 is 23.7 Å². The number of hydrogen-bond acceptors (Lipinski definition) is 9. The molecule has 2 aromatic rings. The molecule has 2 aromatic heterocycles. The third kappa shape index (κ3) is 4.04. The maximum Gasteiger partial charge on any atom is 0.345 e. The van der Waals surface area contributed by atoms with E-state index in [1.54, 1.807) is 30.6 Å². The van der Waals surface area contributed by atoms with Crippen molar-refractivity contribution < 1.29 is 33.3 Å². The van der Waals surface area contributed by atoms with Gasteiger partial charge in [-0.15, -0.1) is 0 Å². The van der Waals surface area contributed by atoms with E-state index in [0.717, 1.165) is 0 Å². The Labute approximate surface area is 215 Å². The highest BCUT2D eigenvalue weighted by Gasteiger charge is 2.67. The van der Waals surface area contributed by atoms with Crippen LogP contribution in [-0.2, 0) is 19.1 Å². The number of hydrogen-bond donors (Lipinski definition) is 1. The highest BCUT2D eigenvalue weighted by Crippen LogP contribution is 2.64. The second-order valence-corrected chi connectivity index (χ2v) is 11.1. The summed E-state index contributed by atoms with van der Waals surface area (Å²) in [6.45, 7) is 8.71. The number of ether oxygens (including phenoxy) is 3. The van der Waals surface area contributed by atoms with Crippen LogP contribution in [0.2, 0.25) is 0 Å². The predicted molar refractivity (Wildman–Crippen MR) is 131 cm³/mol. The molecule has 2 aliphatic carbocycles. The minimum atomic E-state index is -1.21. The number of aliphatic hydroxyl groups excluding tert-OH is 1. The van der Waals surface area contributed by atoms with Crippen LogP contribution in [0.15, 0.2) is 39.8 Å². The van der Waals surface area contributed by atoms with Gasteiger partial charge in [-0.3, -0.25) is 14.6 Å². The Bertz CT molecular complexity index is 1270. The summed E-state index contributed by atoms with van der Waals surface area (Å²) in [6, 6.07) is 5.09. The topological polar surface area (TPSA) is 125 Å². The van der Waals surface area contributed by atoms with Crippen molar-refractivity contribution in [3.63, 3.8) is 0 Å². The molecule has 0 radical (unpaired) electrons. The van der Waals surface area contributed by atoms with Crippen molar-refractivity contribution in [2.45, 2.75) is 77.8 Å². The highest BCUT2D eigenvalue weighted by molar-refractivity contribution is 5.67. The molecule has 0 saturated heterocycles. The van der Waals surface area contributed by atoms with Gasteiger partial charge in [0.1, 0.15) is 34.9 Å². The molecule has 37 heavy (non-hydrogen) atoms. The van der Waals surface area contributed by atoms with E-state index in [9.17, 15) is 19.5 Å². The average molecular weight is 512 g/mol. The van der Waals surface area contributed by atoms with Crippen LogP contribution < -0.4 is 10.4 Å². The van der Waals surface area contributed by atoms with Crippen LogP contribution in [0.5, 0.6) is 5.75 Å². The molecule has 5 rings (SSSR count). The van der Waals surface area contributed by atoms with Gasteiger partial charge in [0.25, 0.3) is 0 Å². The third-order valence-corrected chi connectivity index (χ3v) is 8.93. The molecule has 0 bridgehead atoms. The van der Waals surface area contributed by atoms with Crippen LogP contribution >= 0.6 is 0 Å². The molecule has 0 spiro atoms. The standard InChI is InChI=1S/C28H33NO8/c1-14-18-11-22(35-16(3)31)28(5)25(27(18,4)9-8-19(14)34-15(2)30)24(32)23-21(37-28)12-20(36-26(23)33)17-7-6-10-29-13-17/h6-7,10,12-14,18-19,22,24-25,32H,8-9,11H2,1-5H3/t14-,18?,19+,22+,24+,25?,27+,28-/m1/s1. The number of aromatic nitrogens is 1. The molecule has 198 valence electrons. The van der Waals surface area contributed by atoms with Crippen LogP contribution in [0.4, 0.5) is 0 Å². The van der Waals surface area contributed by atoms with Crippen LogP contribution in [0.3, 0.4) is 0 Å². The van der Waals surface area contributed by atoms with Crippen LogP contribution in [0, 0.1) is 23.2 Å². The first-order chi connectivity index (χ1) is 17.5. The lowest BCUT2D eigenvalue weighted by Crippen LogP contribution is -2.69. The van der Waals surface area contributed by atoms with Gasteiger partial charge in [0.05, 0.1) is 6.10 Å². The largest absolute Gasteiger partial charge is 0.482 e. The second-order valence-electron chi connectivity index (χ2n) is 11.1. The fourth-order valence-corrected chi connectivity index (χ4v) is 7.39. The van der Waals surface area contributed by atoms with E-state index in [1.807, 2.05) is 13.8 Å². The van der Waals surface area contributed by atoms with Gasteiger partial charge >= 0.3 is 17.6 Å². The predicted octanol–water partition coefficient (Wildman–Crippen LogP) is 3.82. The number of pyridine rings is 1. The van der Waals surface area contributed by atoms with E-state index in [0.29, 0.717) is 24.8 Å². The molecule has 9 heteroatoms.